The van der Waals surface area contributed by atoms with Crippen LogP contribution in [0.5, 0.6) is 0 Å². The van der Waals surface area contributed by atoms with Gasteiger partial charge in [-0.3, -0.25) is 4.57 Å². The second-order valence-electron chi connectivity index (χ2n) is 3.34. The van der Waals surface area contributed by atoms with E-state index in [9.17, 15) is 4.57 Å². The van der Waals surface area contributed by atoms with Crippen LogP contribution in [-0.2, 0) is 9.09 Å². The summed E-state index contributed by atoms with van der Waals surface area (Å²) < 4.78 is 20.7. The average molecular weight is 194 g/mol. The van der Waals surface area contributed by atoms with Crippen LogP contribution in [0.1, 0.15) is 13.8 Å². The van der Waals surface area contributed by atoms with Gasteiger partial charge in [0.2, 0.25) is 0 Å². The molecule has 12 heavy (non-hydrogen) atoms. The fourth-order valence-corrected chi connectivity index (χ4v) is 2.46. The second kappa shape index (κ2) is 4.38. The first-order valence-corrected chi connectivity index (χ1v) is 5.47. The maximum Gasteiger partial charge on any atom is 0.345 e. The molecule has 0 spiro atoms. The van der Waals surface area contributed by atoms with E-state index >= 15 is 0 Å². The fraction of sp³-hybridized carbons (Fsp3) is 1.00. The van der Waals surface area contributed by atoms with Gasteiger partial charge in [-0.1, -0.05) is 0 Å². The van der Waals surface area contributed by atoms with E-state index in [2.05, 4.69) is 0 Å². The predicted octanol–water partition coefficient (Wildman–Crippen LogP) is 1.64. The molecule has 5 heteroatoms. The molecule has 0 unspecified atom stereocenters. The lowest BCUT2D eigenvalue weighted by Crippen LogP contribution is -2.24. The van der Waals surface area contributed by atoms with E-state index in [1.807, 2.05) is 13.8 Å². The molecule has 0 aliphatic carbocycles. The van der Waals surface area contributed by atoms with Gasteiger partial charge in [-0.05, 0) is 42.0 Å². The van der Waals surface area contributed by atoms with Gasteiger partial charge in [-0.25, -0.2) is 9.34 Å². The molecule has 0 saturated carbocycles. The lowest BCUT2D eigenvalue weighted by atomic mass is 10.5. The molecule has 4 nitrogen and oxygen atoms in total. The zero-order chi connectivity index (χ0) is 9.94. The van der Waals surface area contributed by atoms with E-state index in [1.165, 1.54) is 0 Å². The molecule has 0 bridgehead atoms. The Morgan fingerprint density at radius 1 is 1.08 bits per heavy atom. The van der Waals surface area contributed by atoms with Crippen molar-refractivity contribution >= 4 is 7.67 Å². The summed E-state index contributed by atoms with van der Waals surface area (Å²) in [6, 6.07) is 0. The number of hydrogen-bond donors (Lipinski definition) is 0. The van der Waals surface area contributed by atoms with Crippen LogP contribution in [0.4, 0.5) is 0 Å². The first kappa shape index (κ1) is 12.1. The van der Waals surface area contributed by atoms with Crippen LogP contribution in [0.25, 0.3) is 0 Å². The molecule has 0 N–H and O–H groups in total. The van der Waals surface area contributed by atoms with Gasteiger partial charge in [0, 0.05) is 0 Å². The third-order valence-corrected chi connectivity index (χ3v) is 4.08. The quantitative estimate of drug-likeness (QED) is 0.637. The van der Waals surface area contributed by atoms with E-state index in [0.717, 1.165) is 0 Å². The van der Waals surface area contributed by atoms with Crippen LogP contribution in [-0.4, -0.2) is 43.6 Å². The number of hydrogen-bond acceptors (Lipinski definition) is 2. The van der Waals surface area contributed by atoms with Gasteiger partial charge in [0.15, 0.2) is 0 Å². The molecule has 0 aliphatic heterocycles. The van der Waals surface area contributed by atoms with Crippen molar-refractivity contribution in [2.45, 2.75) is 20.0 Å². The molecule has 74 valence electrons. The van der Waals surface area contributed by atoms with Crippen LogP contribution in [0.3, 0.4) is 0 Å². The third kappa shape index (κ3) is 2.87. The first-order chi connectivity index (χ1) is 5.30. The van der Waals surface area contributed by atoms with Crippen molar-refractivity contribution < 1.29 is 9.09 Å². The minimum absolute atomic E-state index is 0.0272. The number of nitrogens with zero attached hydrogens (tertiary/aromatic N) is 2. The summed E-state index contributed by atoms with van der Waals surface area (Å²) in [6.07, 6.45) is -0.0272. The zero-order valence-electron chi connectivity index (χ0n) is 8.74. The Balaban J connectivity index is 4.53. The summed E-state index contributed by atoms with van der Waals surface area (Å²) in [4.78, 5) is 0. The second-order valence-corrected chi connectivity index (χ2v) is 6.13. The molecule has 0 aromatic heterocycles. The predicted molar refractivity (Wildman–Crippen MR) is 51.2 cm³/mol. The van der Waals surface area contributed by atoms with Crippen molar-refractivity contribution in [1.29, 1.82) is 0 Å². The Kier molecular flexibility index (Phi) is 4.42. The summed E-state index contributed by atoms with van der Waals surface area (Å²) in [7, 11) is 4.26. The highest BCUT2D eigenvalue weighted by Crippen LogP contribution is 2.51. The first-order valence-electron chi connectivity index (χ1n) is 3.94. The van der Waals surface area contributed by atoms with Crippen LogP contribution in [0.15, 0.2) is 0 Å². The van der Waals surface area contributed by atoms with Crippen molar-refractivity contribution in [2.75, 3.05) is 28.2 Å². The van der Waals surface area contributed by atoms with Crippen molar-refractivity contribution in [3.05, 3.63) is 0 Å². The monoisotopic (exact) mass is 194 g/mol. The summed E-state index contributed by atoms with van der Waals surface area (Å²) >= 11 is 0. The Bertz CT molecular complexity index is 168. The van der Waals surface area contributed by atoms with Crippen LogP contribution >= 0.6 is 7.67 Å². The Morgan fingerprint density at radius 2 is 1.42 bits per heavy atom. The maximum absolute atomic E-state index is 12.1. The highest BCUT2D eigenvalue weighted by molar-refractivity contribution is 7.53. The van der Waals surface area contributed by atoms with Gasteiger partial charge in [0.25, 0.3) is 0 Å². The van der Waals surface area contributed by atoms with E-state index in [-0.39, 0.29) is 6.10 Å². The molecular weight excluding hydrogens is 175 g/mol. The molecule has 0 atom stereocenters. The molecule has 0 aromatic rings. The van der Waals surface area contributed by atoms with Crippen molar-refractivity contribution in [2.24, 2.45) is 0 Å². The maximum atomic E-state index is 12.1. The van der Waals surface area contributed by atoms with Crippen molar-refractivity contribution in [3.8, 4) is 0 Å². The lowest BCUT2D eigenvalue weighted by molar-refractivity contribution is 0.194. The van der Waals surface area contributed by atoms with Gasteiger partial charge in [-0.2, -0.15) is 0 Å². The molecule has 0 aliphatic rings. The van der Waals surface area contributed by atoms with Crippen LogP contribution < -0.4 is 0 Å². The number of rotatable bonds is 4. The molecule has 0 fully saturated rings. The van der Waals surface area contributed by atoms with Gasteiger partial charge in [0.1, 0.15) is 0 Å². The van der Waals surface area contributed by atoms with Crippen molar-refractivity contribution in [1.82, 2.24) is 9.34 Å². The normalized spacial score (nSPS) is 13.4. The standard InChI is InChI=1S/C7H19N2O2P/c1-7(2)11-12(10,8(3)4)9(5)6/h7H,1-6H3. The van der Waals surface area contributed by atoms with Crippen LogP contribution in [0.2, 0.25) is 0 Å². The molecule has 0 saturated heterocycles. The lowest BCUT2D eigenvalue weighted by Gasteiger charge is -2.30. The minimum Gasteiger partial charge on any atom is -0.303 e. The van der Waals surface area contributed by atoms with Crippen molar-refractivity contribution in [3.63, 3.8) is 0 Å². The third-order valence-electron chi connectivity index (χ3n) is 1.36. The molecular formula is C7H19N2O2P. The molecule has 0 heterocycles. The molecule has 0 radical (unpaired) electrons. The molecule has 0 rings (SSSR count). The van der Waals surface area contributed by atoms with E-state index < -0.39 is 7.67 Å². The van der Waals surface area contributed by atoms with E-state index in [1.54, 1.807) is 37.5 Å². The van der Waals surface area contributed by atoms with Gasteiger partial charge >= 0.3 is 7.67 Å². The van der Waals surface area contributed by atoms with E-state index in [0.29, 0.717) is 0 Å². The zero-order valence-corrected chi connectivity index (χ0v) is 9.63. The molecule has 0 amide bonds. The minimum atomic E-state index is -2.75. The summed E-state index contributed by atoms with van der Waals surface area (Å²) in [5, 5.41) is 0. The highest BCUT2D eigenvalue weighted by atomic mass is 31.2. The van der Waals surface area contributed by atoms with E-state index in [4.69, 9.17) is 4.52 Å². The largest absolute Gasteiger partial charge is 0.345 e. The smallest absolute Gasteiger partial charge is 0.303 e. The summed E-state index contributed by atoms with van der Waals surface area (Å²) in [6.45, 7) is 3.75. The van der Waals surface area contributed by atoms with Gasteiger partial charge in [0.05, 0.1) is 6.10 Å². The van der Waals surface area contributed by atoms with Gasteiger partial charge < -0.3 is 4.52 Å². The SMILES string of the molecule is CC(C)OP(=O)(N(C)C)N(C)C. The average Bonchev–Trinajstić information content (AvgIpc) is 1.84. The van der Waals surface area contributed by atoms with Crippen LogP contribution in [0, 0.1) is 0 Å². The van der Waals surface area contributed by atoms with Gasteiger partial charge in [-0.15, -0.1) is 0 Å². The Hall–Kier alpha value is 0.110. The Morgan fingerprint density at radius 3 is 1.50 bits per heavy atom. The summed E-state index contributed by atoms with van der Waals surface area (Å²) in [5.41, 5.74) is 0. The highest BCUT2D eigenvalue weighted by Gasteiger charge is 2.30. The Labute approximate surface area is 75.1 Å². The topological polar surface area (TPSA) is 32.8 Å². The fourth-order valence-electron chi connectivity index (χ4n) is 0.821. The molecule has 0 aromatic carbocycles. The summed E-state index contributed by atoms with van der Waals surface area (Å²) in [5.74, 6) is 0.